The van der Waals surface area contributed by atoms with Crippen LogP contribution in [0.2, 0.25) is 0 Å². The molecule has 2 rings (SSSR count). The van der Waals surface area contributed by atoms with Gasteiger partial charge in [-0.05, 0) is 49.8 Å². The minimum absolute atomic E-state index is 0.0325. The van der Waals surface area contributed by atoms with E-state index in [4.69, 9.17) is 0 Å². The summed E-state index contributed by atoms with van der Waals surface area (Å²) in [5.74, 6) is 0.990. The van der Waals surface area contributed by atoms with Gasteiger partial charge in [-0.1, -0.05) is 31.5 Å². The summed E-state index contributed by atoms with van der Waals surface area (Å²) in [6.45, 7) is 7.35. The monoisotopic (exact) mass is 235 g/mol. The Labute approximate surface area is 103 Å². The quantitative estimate of drug-likeness (QED) is 0.840. The molecule has 0 heterocycles. The number of hydrogen-bond acceptors (Lipinski definition) is 1. The Hall–Kier alpha value is -0.890. The van der Waals surface area contributed by atoms with Gasteiger partial charge >= 0.3 is 0 Å². The Morgan fingerprint density at radius 1 is 1.35 bits per heavy atom. The first-order valence-electron chi connectivity index (χ1n) is 6.57. The fourth-order valence-electron chi connectivity index (χ4n) is 2.56. The minimum atomic E-state index is -0.0325. The molecule has 1 aromatic rings. The summed E-state index contributed by atoms with van der Waals surface area (Å²) in [6.07, 6.45) is 2.35. The van der Waals surface area contributed by atoms with Crippen molar-refractivity contribution in [3.63, 3.8) is 0 Å². The molecule has 94 valence electrons. The van der Waals surface area contributed by atoms with Crippen molar-refractivity contribution in [2.45, 2.75) is 45.6 Å². The van der Waals surface area contributed by atoms with Crippen molar-refractivity contribution in [1.29, 1.82) is 0 Å². The summed E-state index contributed by atoms with van der Waals surface area (Å²) in [5, 5.41) is 3.46. The van der Waals surface area contributed by atoms with E-state index < -0.39 is 0 Å². The van der Waals surface area contributed by atoms with E-state index in [-0.39, 0.29) is 5.82 Å². The summed E-state index contributed by atoms with van der Waals surface area (Å²) >= 11 is 0. The number of benzene rings is 1. The first-order chi connectivity index (χ1) is 8.08. The van der Waals surface area contributed by atoms with Gasteiger partial charge in [0.2, 0.25) is 0 Å². The molecule has 2 atom stereocenters. The fraction of sp³-hybridized carbons (Fsp3) is 0.600. The normalized spacial score (nSPS) is 23.8. The van der Waals surface area contributed by atoms with Crippen molar-refractivity contribution in [2.75, 3.05) is 6.54 Å². The number of rotatable bonds is 4. The van der Waals surface area contributed by atoms with E-state index in [1.165, 1.54) is 6.42 Å². The Morgan fingerprint density at radius 3 is 2.71 bits per heavy atom. The topological polar surface area (TPSA) is 12.0 Å². The molecule has 0 aromatic heterocycles. The molecule has 1 fully saturated rings. The molecular weight excluding hydrogens is 213 g/mol. The van der Waals surface area contributed by atoms with Gasteiger partial charge in [0.05, 0.1) is 0 Å². The number of halogens is 1. The minimum Gasteiger partial charge on any atom is -0.314 e. The molecule has 0 amide bonds. The summed E-state index contributed by atoms with van der Waals surface area (Å²) in [5.41, 5.74) is 2.08. The molecule has 17 heavy (non-hydrogen) atoms. The number of nitrogens with one attached hydrogen (secondary N) is 1. The summed E-state index contributed by atoms with van der Waals surface area (Å²) in [6, 6.07) is 5.98. The van der Waals surface area contributed by atoms with Crippen LogP contribution in [0.15, 0.2) is 18.2 Å². The number of hydrogen-bond donors (Lipinski definition) is 1. The Morgan fingerprint density at radius 2 is 2.12 bits per heavy atom. The molecule has 1 N–H and O–H groups in total. The van der Waals surface area contributed by atoms with Crippen LogP contribution in [-0.4, -0.2) is 12.6 Å². The fourth-order valence-corrected chi connectivity index (χ4v) is 2.56. The maximum Gasteiger partial charge on any atom is 0.126 e. The molecule has 1 aliphatic rings. The predicted octanol–water partition coefficient (Wildman–Crippen LogP) is 3.63. The second-order valence-corrected chi connectivity index (χ2v) is 5.53. The molecule has 0 aliphatic heterocycles. The average molecular weight is 235 g/mol. The molecule has 1 aromatic carbocycles. The third-order valence-corrected chi connectivity index (χ3v) is 3.76. The lowest BCUT2D eigenvalue weighted by Crippen LogP contribution is -2.37. The van der Waals surface area contributed by atoms with Gasteiger partial charge in [-0.15, -0.1) is 0 Å². The number of aryl methyl sites for hydroxylation is 1. The molecule has 0 saturated heterocycles. The maximum absolute atomic E-state index is 13.8. The summed E-state index contributed by atoms with van der Waals surface area (Å²) in [7, 11) is 0. The van der Waals surface area contributed by atoms with Crippen LogP contribution in [0.3, 0.4) is 0 Å². The second-order valence-electron chi connectivity index (χ2n) is 5.53. The molecule has 1 aliphatic carbocycles. The standard InChI is InChI=1S/C15H22FN/c1-10(2)17-9-12-5-6-13(12)14-8-11(3)4-7-15(14)16/h4,7-8,10,12-13,17H,5-6,9H2,1-3H3. The summed E-state index contributed by atoms with van der Waals surface area (Å²) in [4.78, 5) is 0. The van der Waals surface area contributed by atoms with Crippen LogP contribution in [0.1, 0.15) is 43.7 Å². The van der Waals surface area contributed by atoms with Gasteiger partial charge in [-0.2, -0.15) is 0 Å². The third kappa shape index (κ3) is 2.86. The first kappa shape index (κ1) is 12.6. The van der Waals surface area contributed by atoms with Crippen LogP contribution < -0.4 is 5.32 Å². The van der Waals surface area contributed by atoms with Crippen molar-refractivity contribution in [2.24, 2.45) is 5.92 Å². The Balaban J connectivity index is 2.04. The van der Waals surface area contributed by atoms with Crippen LogP contribution in [-0.2, 0) is 0 Å². The van der Waals surface area contributed by atoms with E-state index in [0.717, 1.165) is 24.1 Å². The van der Waals surface area contributed by atoms with E-state index >= 15 is 0 Å². The van der Waals surface area contributed by atoms with Gasteiger partial charge in [0, 0.05) is 6.04 Å². The van der Waals surface area contributed by atoms with Crippen molar-refractivity contribution < 1.29 is 4.39 Å². The highest BCUT2D eigenvalue weighted by atomic mass is 19.1. The molecule has 0 spiro atoms. The zero-order chi connectivity index (χ0) is 12.4. The SMILES string of the molecule is Cc1ccc(F)c(C2CCC2CNC(C)C)c1. The lowest BCUT2D eigenvalue weighted by atomic mass is 9.69. The van der Waals surface area contributed by atoms with Crippen LogP contribution in [0.5, 0.6) is 0 Å². The van der Waals surface area contributed by atoms with Gasteiger partial charge in [0.1, 0.15) is 5.82 Å². The molecule has 2 heteroatoms. The van der Waals surface area contributed by atoms with Gasteiger partial charge in [-0.25, -0.2) is 4.39 Å². The van der Waals surface area contributed by atoms with Crippen molar-refractivity contribution in [3.05, 3.63) is 35.1 Å². The zero-order valence-electron chi connectivity index (χ0n) is 11.0. The second kappa shape index (κ2) is 5.18. The van der Waals surface area contributed by atoms with Crippen LogP contribution in [0, 0.1) is 18.7 Å². The zero-order valence-corrected chi connectivity index (χ0v) is 11.0. The molecule has 0 bridgehead atoms. The lowest BCUT2D eigenvalue weighted by molar-refractivity contribution is 0.235. The molecule has 1 nitrogen and oxygen atoms in total. The van der Waals surface area contributed by atoms with Crippen molar-refractivity contribution in [1.82, 2.24) is 5.32 Å². The smallest absolute Gasteiger partial charge is 0.126 e. The predicted molar refractivity (Wildman–Crippen MR) is 69.7 cm³/mol. The average Bonchev–Trinajstić information content (AvgIpc) is 2.21. The largest absolute Gasteiger partial charge is 0.314 e. The highest BCUT2D eigenvalue weighted by Gasteiger charge is 2.33. The van der Waals surface area contributed by atoms with Crippen molar-refractivity contribution >= 4 is 0 Å². The van der Waals surface area contributed by atoms with Gasteiger partial charge in [0.15, 0.2) is 0 Å². The van der Waals surface area contributed by atoms with E-state index in [2.05, 4.69) is 19.2 Å². The van der Waals surface area contributed by atoms with Crippen LogP contribution in [0.4, 0.5) is 4.39 Å². The van der Waals surface area contributed by atoms with Gasteiger partial charge in [0.25, 0.3) is 0 Å². The Bertz CT molecular complexity index is 387. The maximum atomic E-state index is 13.8. The molecule has 1 saturated carbocycles. The molecule has 2 unspecified atom stereocenters. The highest BCUT2D eigenvalue weighted by Crippen LogP contribution is 2.43. The van der Waals surface area contributed by atoms with E-state index in [1.807, 2.05) is 19.1 Å². The first-order valence-corrected chi connectivity index (χ1v) is 6.57. The van der Waals surface area contributed by atoms with Gasteiger partial charge < -0.3 is 5.32 Å². The van der Waals surface area contributed by atoms with E-state index in [0.29, 0.717) is 17.9 Å². The van der Waals surface area contributed by atoms with Crippen LogP contribution in [0.25, 0.3) is 0 Å². The van der Waals surface area contributed by atoms with E-state index in [1.54, 1.807) is 6.07 Å². The van der Waals surface area contributed by atoms with E-state index in [9.17, 15) is 4.39 Å². The van der Waals surface area contributed by atoms with Gasteiger partial charge in [-0.3, -0.25) is 0 Å². The Kier molecular flexibility index (Phi) is 3.82. The molecule has 0 radical (unpaired) electrons. The third-order valence-electron chi connectivity index (χ3n) is 3.76. The van der Waals surface area contributed by atoms with Crippen molar-refractivity contribution in [3.8, 4) is 0 Å². The lowest BCUT2D eigenvalue weighted by Gasteiger charge is -2.38. The highest BCUT2D eigenvalue weighted by molar-refractivity contribution is 5.29. The summed E-state index contributed by atoms with van der Waals surface area (Å²) < 4.78 is 13.8. The van der Waals surface area contributed by atoms with Crippen LogP contribution >= 0.6 is 0 Å². The molecular formula is C15H22FN.